The molecule has 3 nitrogen and oxygen atoms in total. The molecular formula is C38H26BrN2OP. The van der Waals surface area contributed by atoms with Crippen molar-refractivity contribution in [3.05, 3.63) is 162 Å². The molecule has 0 amide bonds. The minimum Gasteiger partial charge on any atom is -0.270 e. The van der Waals surface area contributed by atoms with Gasteiger partial charge in [-0.1, -0.05) is 131 Å². The Morgan fingerprint density at radius 1 is 0.465 bits per heavy atom. The SMILES string of the molecule is O=P1(c2c3ccccc3c(-c3ccccc3)c3ccccc23)N(c2ccccc2)c2ccc(Br)cc2N1c1ccccc1. The van der Waals surface area contributed by atoms with E-state index in [0.29, 0.717) is 0 Å². The van der Waals surface area contributed by atoms with Gasteiger partial charge in [0.1, 0.15) is 0 Å². The maximum atomic E-state index is 16.8. The van der Waals surface area contributed by atoms with Gasteiger partial charge < -0.3 is 0 Å². The van der Waals surface area contributed by atoms with Gasteiger partial charge in [0.25, 0.3) is 0 Å². The normalized spacial score (nSPS) is 16.1. The van der Waals surface area contributed by atoms with Crippen LogP contribution in [-0.4, -0.2) is 0 Å². The highest BCUT2D eigenvalue weighted by Crippen LogP contribution is 2.71. The Morgan fingerprint density at radius 2 is 0.907 bits per heavy atom. The first-order valence-electron chi connectivity index (χ1n) is 14.3. The van der Waals surface area contributed by atoms with Crippen molar-refractivity contribution >= 4 is 73.0 Å². The van der Waals surface area contributed by atoms with E-state index in [4.69, 9.17) is 0 Å². The van der Waals surface area contributed by atoms with Crippen LogP contribution in [0, 0.1) is 0 Å². The predicted octanol–water partition coefficient (Wildman–Crippen LogP) is 11.2. The third kappa shape index (κ3) is 3.98. The van der Waals surface area contributed by atoms with Gasteiger partial charge in [0.15, 0.2) is 0 Å². The van der Waals surface area contributed by atoms with E-state index in [-0.39, 0.29) is 0 Å². The smallest absolute Gasteiger partial charge is 0.270 e. The molecule has 8 rings (SSSR count). The molecule has 0 fully saturated rings. The Bertz CT molecular complexity index is 2130. The van der Waals surface area contributed by atoms with Crippen LogP contribution >= 0.6 is 23.4 Å². The van der Waals surface area contributed by atoms with Gasteiger partial charge >= 0.3 is 7.44 Å². The molecule has 0 aliphatic carbocycles. The lowest BCUT2D eigenvalue weighted by molar-refractivity contribution is 0.583. The molecule has 0 radical (unpaired) electrons. The molecule has 0 saturated carbocycles. The van der Waals surface area contributed by atoms with E-state index >= 15 is 4.57 Å². The van der Waals surface area contributed by atoms with Gasteiger partial charge in [-0.3, -0.25) is 13.9 Å². The number of anilines is 4. The van der Waals surface area contributed by atoms with Gasteiger partial charge in [0.2, 0.25) is 0 Å². The van der Waals surface area contributed by atoms with Crippen molar-refractivity contribution in [3.8, 4) is 11.1 Å². The highest BCUT2D eigenvalue weighted by Gasteiger charge is 2.50. The lowest BCUT2D eigenvalue weighted by atomic mass is 9.92. The second kappa shape index (κ2) is 10.3. The molecular weight excluding hydrogens is 611 g/mol. The van der Waals surface area contributed by atoms with Crippen LogP contribution < -0.4 is 14.6 Å². The summed E-state index contributed by atoms with van der Waals surface area (Å²) < 4.78 is 21.9. The first-order chi connectivity index (χ1) is 21.2. The zero-order valence-corrected chi connectivity index (χ0v) is 25.6. The van der Waals surface area contributed by atoms with Crippen LogP contribution in [-0.2, 0) is 4.57 Å². The minimum atomic E-state index is -3.64. The Labute approximate surface area is 259 Å². The van der Waals surface area contributed by atoms with Gasteiger partial charge in [-0.05, 0) is 75.1 Å². The third-order valence-electron chi connectivity index (χ3n) is 8.19. The zero-order valence-electron chi connectivity index (χ0n) is 23.1. The van der Waals surface area contributed by atoms with Gasteiger partial charge in [-0.25, -0.2) is 0 Å². The summed E-state index contributed by atoms with van der Waals surface area (Å²) in [5.74, 6) is 0. The van der Waals surface area contributed by atoms with Gasteiger partial charge in [0, 0.05) is 15.8 Å². The number of halogens is 1. The van der Waals surface area contributed by atoms with Crippen LogP contribution in [0.3, 0.4) is 0 Å². The Hall–Kier alpha value is -4.63. The van der Waals surface area contributed by atoms with Crippen LogP contribution in [0.1, 0.15) is 0 Å². The number of benzene rings is 7. The molecule has 0 aromatic heterocycles. The van der Waals surface area contributed by atoms with E-state index in [0.717, 1.165) is 65.2 Å². The molecule has 1 aliphatic heterocycles. The number of hydrogen-bond acceptors (Lipinski definition) is 1. The van der Waals surface area contributed by atoms with E-state index in [1.807, 2.05) is 48.5 Å². The molecule has 0 spiro atoms. The summed E-state index contributed by atoms with van der Waals surface area (Å²) in [4.78, 5) is 0. The van der Waals surface area contributed by atoms with E-state index in [1.54, 1.807) is 0 Å². The second-order valence-corrected chi connectivity index (χ2v) is 13.9. The van der Waals surface area contributed by atoms with Crippen LogP contribution in [0.4, 0.5) is 22.7 Å². The lowest BCUT2D eigenvalue weighted by Gasteiger charge is -2.35. The fourth-order valence-electron chi connectivity index (χ4n) is 6.49. The van der Waals surface area contributed by atoms with Crippen molar-refractivity contribution in [1.82, 2.24) is 0 Å². The highest BCUT2D eigenvalue weighted by atomic mass is 79.9. The van der Waals surface area contributed by atoms with Crippen molar-refractivity contribution in [2.24, 2.45) is 0 Å². The maximum absolute atomic E-state index is 16.8. The lowest BCUT2D eigenvalue weighted by Crippen LogP contribution is -2.28. The summed E-state index contributed by atoms with van der Waals surface area (Å²) >= 11 is 3.72. The first kappa shape index (κ1) is 26.0. The van der Waals surface area contributed by atoms with Crippen molar-refractivity contribution in [2.45, 2.75) is 0 Å². The topological polar surface area (TPSA) is 23.6 Å². The maximum Gasteiger partial charge on any atom is 0.302 e. The molecule has 7 aromatic rings. The summed E-state index contributed by atoms with van der Waals surface area (Å²) in [6.45, 7) is 0. The summed E-state index contributed by atoms with van der Waals surface area (Å²) in [7, 11) is -3.64. The number of hydrogen-bond donors (Lipinski definition) is 0. The fraction of sp³-hybridized carbons (Fsp3) is 0. The average molecular weight is 638 g/mol. The molecule has 1 atom stereocenters. The monoisotopic (exact) mass is 636 g/mol. The quantitative estimate of drug-likeness (QED) is 0.142. The van der Waals surface area contributed by atoms with E-state index < -0.39 is 7.44 Å². The zero-order chi connectivity index (χ0) is 29.0. The molecule has 43 heavy (non-hydrogen) atoms. The highest BCUT2D eigenvalue weighted by molar-refractivity contribution is 9.10. The average Bonchev–Trinajstić information content (AvgIpc) is 3.32. The number of para-hydroxylation sites is 2. The van der Waals surface area contributed by atoms with Crippen molar-refractivity contribution in [3.63, 3.8) is 0 Å². The minimum absolute atomic E-state index is 0.832. The largest absolute Gasteiger partial charge is 0.302 e. The van der Waals surface area contributed by atoms with Gasteiger partial charge in [-0.15, -0.1) is 0 Å². The molecule has 1 aliphatic rings. The molecule has 7 aromatic carbocycles. The van der Waals surface area contributed by atoms with E-state index in [9.17, 15) is 0 Å². The fourth-order valence-corrected chi connectivity index (χ4v) is 10.2. The van der Waals surface area contributed by atoms with Crippen LogP contribution in [0.15, 0.2) is 162 Å². The van der Waals surface area contributed by atoms with Crippen molar-refractivity contribution < 1.29 is 4.57 Å². The first-order valence-corrected chi connectivity index (χ1v) is 16.7. The van der Waals surface area contributed by atoms with Gasteiger partial charge in [-0.2, -0.15) is 0 Å². The summed E-state index contributed by atoms with van der Waals surface area (Å²) in [5.41, 5.74) is 5.85. The number of rotatable bonds is 4. The predicted molar refractivity (Wildman–Crippen MR) is 185 cm³/mol. The van der Waals surface area contributed by atoms with Crippen molar-refractivity contribution in [2.75, 3.05) is 9.34 Å². The molecule has 0 bridgehead atoms. The second-order valence-electron chi connectivity index (χ2n) is 10.7. The standard InChI is InChI=1S/C38H26BrN2OP/c39-28-24-25-35-36(26-28)41(30-18-8-3-9-19-30)43(42,40(35)29-16-6-2-7-17-29)38-33-22-12-10-20-31(33)37(27-14-4-1-5-15-27)32-21-11-13-23-34(32)38/h1-26H. The van der Waals surface area contributed by atoms with E-state index in [2.05, 4.69) is 134 Å². The molecule has 1 heterocycles. The van der Waals surface area contributed by atoms with E-state index in [1.165, 1.54) is 0 Å². The third-order valence-corrected chi connectivity index (χ3v) is 11.7. The molecule has 5 heteroatoms. The number of fused-ring (bicyclic) bond motifs is 3. The molecule has 206 valence electrons. The van der Waals surface area contributed by atoms with Crippen LogP contribution in [0.25, 0.3) is 32.7 Å². The summed E-state index contributed by atoms with van der Waals surface area (Å²) in [5, 5.41) is 4.96. The molecule has 0 saturated heterocycles. The van der Waals surface area contributed by atoms with Crippen LogP contribution in [0.2, 0.25) is 0 Å². The van der Waals surface area contributed by atoms with Crippen molar-refractivity contribution in [1.29, 1.82) is 0 Å². The van der Waals surface area contributed by atoms with Gasteiger partial charge in [0.05, 0.1) is 16.7 Å². The summed E-state index contributed by atoms with van der Waals surface area (Å²) in [6.07, 6.45) is 0. The molecule has 1 unspecified atom stereocenters. The summed E-state index contributed by atoms with van der Waals surface area (Å²) in [6, 6.07) is 53.8. The molecule has 0 N–H and O–H groups in total. The Balaban J connectivity index is 1.57. The Morgan fingerprint density at radius 3 is 1.44 bits per heavy atom. The van der Waals surface area contributed by atoms with Crippen LogP contribution in [0.5, 0.6) is 0 Å². The number of nitrogens with zero attached hydrogens (tertiary/aromatic N) is 2. The Kier molecular flexibility index (Phi) is 6.22.